The summed E-state index contributed by atoms with van der Waals surface area (Å²) in [5, 5.41) is 0. The topological polar surface area (TPSA) is 30.7 Å². The number of rotatable bonds is 2. The minimum atomic E-state index is 0.870. The van der Waals surface area contributed by atoms with E-state index in [2.05, 4.69) is 15.9 Å². The molecule has 0 N–H and O–H groups in total. The predicted octanol–water partition coefficient (Wildman–Crippen LogP) is 2.92. The van der Waals surface area contributed by atoms with Crippen molar-refractivity contribution >= 4 is 0 Å². The van der Waals surface area contributed by atoms with Crippen molar-refractivity contribution in [3.63, 3.8) is 0 Å². The van der Waals surface area contributed by atoms with Gasteiger partial charge in [-0.3, -0.25) is 9.55 Å². The highest BCUT2D eigenvalue weighted by molar-refractivity contribution is 5.61. The molecule has 0 saturated carbocycles. The molecular formula is C16H11N3. The van der Waals surface area contributed by atoms with Gasteiger partial charge in [0.05, 0.1) is 18.2 Å². The third kappa shape index (κ3) is 2.12. The quantitative estimate of drug-likeness (QED) is 0.650. The molecule has 1 aromatic carbocycles. The molecule has 0 bridgehead atoms. The number of nitrogens with zero attached hydrogens (tertiary/aromatic N) is 3. The first kappa shape index (κ1) is 11.2. The second-order valence-corrected chi connectivity index (χ2v) is 4.08. The fourth-order valence-corrected chi connectivity index (χ4v) is 1.96. The average molecular weight is 245 g/mol. The van der Waals surface area contributed by atoms with E-state index in [9.17, 15) is 0 Å². The summed E-state index contributed by atoms with van der Waals surface area (Å²) in [7, 11) is 0. The van der Waals surface area contributed by atoms with Crippen molar-refractivity contribution in [2.75, 3.05) is 0 Å². The van der Waals surface area contributed by atoms with Gasteiger partial charge in [0.25, 0.3) is 0 Å². The number of hydrogen-bond acceptors (Lipinski definition) is 2. The van der Waals surface area contributed by atoms with Crippen LogP contribution in [0.4, 0.5) is 0 Å². The van der Waals surface area contributed by atoms with Crippen molar-refractivity contribution in [1.82, 2.24) is 14.5 Å². The molecule has 0 amide bonds. The van der Waals surface area contributed by atoms with Gasteiger partial charge in [-0.1, -0.05) is 5.92 Å². The average Bonchev–Trinajstić information content (AvgIpc) is 2.98. The van der Waals surface area contributed by atoms with Crippen molar-refractivity contribution < 1.29 is 0 Å². The highest BCUT2D eigenvalue weighted by Crippen LogP contribution is 2.21. The Labute approximate surface area is 111 Å². The highest BCUT2D eigenvalue weighted by atomic mass is 15.0. The molecule has 19 heavy (non-hydrogen) atoms. The molecule has 3 nitrogen and oxygen atoms in total. The Bertz CT molecular complexity index is 719. The maximum atomic E-state index is 5.36. The summed E-state index contributed by atoms with van der Waals surface area (Å²) in [5.41, 5.74) is 4.00. The first-order valence-corrected chi connectivity index (χ1v) is 5.88. The van der Waals surface area contributed by atoms with E-state index < -0.39 is 0 Å². The fourth-order valence-electron chi connectivity index (χ4n) is 1.96. The minimum Gasteiger partial charge on any atom is -0.299 e. The normalized spacial score (nSPS) is 10.1. The SMILES string of the molecule is C#Cc1ccc(-n2cncc2-c2ccncc2)cc1. The van der Waals surface area contributed by atoms with Crippen LogP contribution in [0.25, 0.3) is 16.9 Å². The molecule has 2 aromatic heterocycles. The summed E-state index contributed by atoms with van der Waals surface area (Å²) in [6.07, 6.45) is 12.5. The molecule has 0 unspecified atom stereocenters. The van der Waals surface area contributed by atoms with Gasteiger partial charge in [0, 0.05) is 29.2 Å². The molecule has 0 aliphatic heterocycles. The van der Waals surface area contributed by atoms with Crippen molar-refractivity contribution in [2.24, 2.45) is 0 Å². The van der Waals surface area contributed by atoms with Crippen LogP contribution in [0.3, 0.4) is 0 Å². The number of benzene rings is 1. The van der Waals surface area contributed by atoms with Crippen LogP contribution < -0.4 is 0 Å². The van der Waals surface area contributed by atoms with Crippen LogP contribution in [-0.2, 0) is 0 Å². The van der Waals surface area contributed by atoms with E-state index >= 15 is 0 Å². The number of pyridine rings is 1. The molecular weight excluding hydrogens is 234 g/mol. The van der Waals surface area contributed by atoms with Crippen molar-refractivity contribution in [3.8, 4) is 29.3 Å². The maximum absolute atomic E-state index is 5.36. The maximum Gasteiger partial charge on any atom is 0.0997 e. The molecule has 0 radical (unpaired) electrons. The van der Waals surface area contributed by atoms with Gasteiger partial charge in [-0.2, -0.15) is 0 Å². The lowest BCUT2D eigenvalue weighted by atomic mass is 10.2. The molecule has 0 aliphatic rings. The van der Waals surface area contributed by atoms with Crippen LogP contribution in [0, 0.1) is 12.3 Å². The summed E-state index contributed by atoms with van der Waals surface area (Å²) >= 11 is 0. The van der Waals surface area contributed by atoms with Crippen LogP contribution in [0.5, 0.6) is 0 Å². The third-order valence-electron chi connectivity index (χ3n) is 2.93. The van der Waals surface area contributed by atoms with Crippen LogP contribution >= 0.6 is 0 Å². The van der Waals surface area contributed by atoms with Crippen molar-refractivity contribution in [1.29, 1.82) is 0 Å². The Morgan fingerprint density at radius 3 is 2.37 bits per heavy atom. The Morgan fingerprint density at radius 2 is 1.68 bits per heavy atom. The number of aromatic nitrogens is 3. The zero-order chi connectivity index (χ0) is 13.1. The molecule has 0 spiro atoms. The second-order valence-electron chi connectivity index (χ2n) is 4.08. The summed E-state index contributed by atoms with van der Waals surface area (Å²) in [4.78, 5) is 8.25. The highest BCUT2D eigenvalue weighted by Gasteiger charge is 2.06. The molecule has 0 atom stereocenters. The molecule has 90 valence electrons. The van der Waals surface area contributed by atoms with E-state index in [1.807, 2.05) is 47.2 Å². The third-order valence-corrected chi connectivity index (χ3v) is 2.93. The van der Waals surface area contributed by atoms with E-state index in [4.69, 9.17) is 6.42 Å². The molecule has 3 aromatic rings. The van der Waals surface area contributed by atoms with Gasteiger partial charge in [-0.15, -0.1) is 6.42 Å². The monoisotopic (exact) mass is 245 g/mol. The molecule has 0 fully saturated rings. The zero-order valence-electron chi connectivity index (χ0n) is 10.2. The second kappa shape index (κ2) is 4.79. The number of hydrogen-bond donors (Lipinski definition) is 0. The molecule has 3 heteroatoms. The van der Waals surface area contributed by atoms with Gasteiger partial charge in [-0.25, -0.2) is 4.98 Å². The van der Waals surface area contributed by atoms with Crippen LogP contribution in [0.15, 0.2) is 61.3 Å². The van der Waals surface area contributed by atoms with E-state index in [-0.39, 0.29) is 0 Å². The molecule has 2 heterocycles. The predicted molar refractivity (Wildman–Crippen MR) is 74.7 cm³/mol. The van der Waals surface area contributed by atoms with Crippen molar-refractivity contribution in [3.05, 3.63) is 66.9 Å². The Hall–Kier alpha value is -2.86. The fraction of sp³-hybridized carbons (Fsp3) is 0. The lowest BCUT2D eigenvalue weighted by Gasteiger charge is -2.08. The van der Waals surface area contributed by atoms with Gasteiger partial charge in [0.15, 0.2) is 0 Å². The standard InChI is InChI=1S/C16H11N3/c1-2-13-3-5-15(6-4-13)19-12-18-11-16(19)14-7-9-17-10-8-14/h1,3-12H. The largest absolute Gasteiger partial charge is 0.299 e. The van der Waals surface area contributed by atoms with Crippen LogP contribution in [0.2, 0.25) is 0 Å². The van der Waals surface area contributed by atoms with E-state index in [0.717, 1.165) is 22.5 Å². The number of imidazole rings is 1. The first-order valence-electron chi connectivity index (χ1n) is 5.88. The summed E-state index contributed by atoms with van der Waals surface area (Å²) in [6, 6.07) is 11.7. The van der Waals surface area contributed by atoms with Crippen LogP contribution in [0.1, 0.15) is 5.56 Å². The summed E-state index contributed by atoms with van der Waals surface area (Å²) < 4.78 is 2.02. The Morgan fingerprint density at radius 1 is 0.947 bits per heavy atom. The van der Waals surface area contributed by atoms with Gasteiger partial charge < -0.3 is 0 Å². The molecule has 3 rings (SSSR count). The van der Waals surface area contributed by atoms with E-state index in [0.29, 0.717) is 0 Å². The Kier molecular flexibility index (Phi) is 2.83. The molecule has 0 saturated heterocycles. The minimum absolute atomic E-state index is 0.870. The van der Waals surface area contributed by atoms with Gasteiger partial charge >= 0.3 is 0 Å². The van der Waals surface area contributed by atoms with Gasteiger partial charge in [0.1, 0.15) is 0 Å². The molecule has 0 aliphatic carbocycles. The first-order chi connectivity index (χ1) is 9.38. The van der Waals surface area contributed by atoms with Gasteiger partial charge in [-0.05, 0) is 36.4 Å². The lowest BCUT2D eigenvalue weighted by molar-refractivity contribution is 1.06. The summed E-state index contributed by atoms with van der Waals surface area (Å²) in [6.45, 7) is 0. The van der Waals surface area contributed by atoms with Crippen LogP contribution in [-0.4, -0.2) is 14.5 Å². The van der Waals surface area contributed by atoms with E-state index in [1.165, 1.54) is 0 Å². The number of terminal acetylenes is 1. The zero-order valence-corrected chi connectivity index (χ0v) is 10.2. The van der Waals surface area contributed by atoms with E-state index in [1.54, 1.807) is 18.7 Å². The Balaban J connectivity index is 2.07. The lowest BCUT2D eigenvalue weighted by Crippen LogP contribution is -1.95. The summed E-state index contributed by atoms with van der Waals surface area (Å²) in [5.74, 6) is 2.61. The van der Waals surface area contributed by atoms with Crippen molar-refractivity contribution in [2.45, 2.75) is 0 Å². The van der Waals surface area contributed by atoms with Gasteiger partial charge in [0.2, 0.25) is 0 Å². The smallest absolute Gasteiger partial charge is 0.0997 e.